The van der Waals surface area contributed by atoms with Crippen molar-refractivity contribution >= 4 is 67.4 Å². The lowest BCUT2D eigenvalue weighted by Gasteiger charge is -2.31. The van der Waals surface area contributed by atoms with E-state index in [2.05, 4.69) is 15.6 Å². The highest BCUT2D eigenvalue weighted by Crippen LogP contribution is 2.46. The van der Waals surface area contributed by atoms with E-state index in [1.54, 1.807) is 17.2 Å². The zero-order valence-electron chi connectivity index (χ0n) is 18.5. The van der Waals surface area contributed by atoms with E-state index in [4.69, 9.17) is 0 Å². The second kappa shape index (κ2) is 8.24. The lowest BCUT2D eigenvalue weighted by atomic mass is 10.1. The molecular formula is C25H21N5O4S. The van der Waals surface area contributed by atoms with Crippen LogP contribution in [0.1, 0.15) is 22.5 Å². The Bertz CT molecular complexity index is 1520. The summed E-state index contributed by atoms with van der Waals surface area (Å²) in [6.45, 7) is 0.705. The standard InChI is InChI=1S/C25H21N5O4S/c31-22(27-16-6-3-11-29(13-16)25(33)34)21-20-19-18(9-10-26-23(19)35-21)30(24(32)28-20)17-8-7-14-4-1-2-5-15(14)12-17/h1-2,4-5,7-10,12,16H,3,6,11,13H2,(H,27,31)(H,28,32)(H,33,34). The minimum atomic E-state index is -0.990. The maximum Gasteiger partial charge on any atom is 0.407 e. The van der Waals surface area contributed by atoms with Crippen molar-refractivity contribution in [3.63, 3.8) is 0 Å². The van der Waals surface area contributed by atoms with E-state index in [0.717, 1.165) is 10.8 Å². The molecule has 2 aromatic carbocycles. The first kappa shape index (κ1) is 21.4. The van der Waals surface area contributed by atoms with E-state index in [1.807, 2.05) is 42.5 Å². The fourth-order valence-corrected chi connectivity index (χ4v) is 5.86. The summed E-state index contributed by atoms with van der Waals surface area (Å²) < 4.78 is 0. The largest absolute Gasteiger partial charge is 0.465 e. The van der Waals surface area contributed by atoms with Gasteiger partial charge in [-0.2, -0.15) is 0 Å². The third-order valence-electron chi connectivity index (χ3n) is 6.47. The molecule has 2 aromatic heterocycles. The topological polar surface area (TPSA) is 115 Å². The summed E-state index contributed by atoms with van der Waals surface area (Å²) in [4.78, 5) is 46.2. The summed E-state index contributed by atoms with van der Waals surface area (Å²) in [5.74, 6) is -0.342. The number of nitrogens with zero attached hydrogens (tertiary/aromatic N) is 3. The van der Waals surface area contributed by atoms with Gasteiger partial charge in [0.1, 0.15) is 9.71 Å². The molecule has 0 bridgehead atoms. The van der Waals surface area contributed by atoms with Crippen LogP contribution in [0.4, 0.5) is 26.7 Å². The third kappa shape index (κ3) is 3.62. The van der Waals surface area contributed by atoms with E-state index >= 15 is 0 Å². The summed E-state index contributed by atoms with van der Waals surface area (Å²) in [6, 6.07) is 14.9. The maximum absolute atomic E-state index is 13.3. The number of amides is 4. The van der Waals surface area contributed by atoms with E-state index < -0.39 is 6.09 Å². The van der Waals surface area contributed by atoms with Gasteiger partial charge in [0.25, 0.3) is 5.91 Å². The molecule has 1 unspecified atom stereocenters. The quantitative estimate of drug-likeness (QED) is 0.376. The van der Waals surface area contributed by atoms with Crippen molar-refractivity contribution in [2.24, 2.45) is 0 Å². The van der Waals surface area contributed by atoms with Crippen LogP contribution in [0, 0.1) is 0 Å². The number of carbonyl (C=O) groups excluding carboxylic acids is 2. The predicted molar refractivity (Wildman–Crippen MR) is 135 cm³/mol. The van der Waals surface area contributed by atoms with Crippen molar-refractivity contribution in [2.45, 2.75) is 18.9 Å². The second-order valence-corrected chi connectivity index (χ2v) is 9.65. The lowest BCUT2D eigenvalue weighted by molar-refractivity contribution is 0.0893. The number of benzene rings is 2. The van der Waals surface area contributed by atoms with Gasteiger partial charge in [0, 0.05) is 25.3 Å². The summed E-state index contributed by atoms with van der Waals surface area (Å²) in [7, 11) is 0. The normalized spacial score (nSPS) is 17.5. The van der Waals surface area contributed by atoms with Gasteiger partial charge in [-0.1, -0.05) is 30.3 Å². The Labute approximate surface area is 204 Å². The summed E-state index contributed by atoms with van der Waals surface area (Å²) >= 11 is 1.21. The van der Waals surface area contributed by atoms with Gasteiger partial charge in [-0.3, -0.25) is 9.69 Å². The molecule has 3 N–H and O–H groups in total. The van der Waals surface area contributed by atoms with Crippen LogP contribution in [-0.2, 0) is 0 Å². The van der Waals surface area contributed by atoms with Gasteiger partial charge >= 0.3 is 12.1 Å². The number of likely N-dealkylation sites (tertiary alicyclic amines) is 1. The first-order valence-electron chi connectivity index (χ1n) is 11.3. The zero-order chi connectivity index (χ0) is 24.1. The molecule has 4 amide bonds. The van der Waals surface area contributed by atoms with Gasteiger partial charge in [0.15, 0.2) is 0 Å². The number of thiophene rings is 1. The van der Waals surface area contributed by atoms with Crippen molar-refractivity contribution < 1.29 is 19.5 Å². The number of hydrogen-bond donors (Lipinski definition) is 3. The highest BCUT2D eigenvalue weighted by molar-refractivity contribution is 7.21. The van der Waals surface area contributed by atoms with Gasteiger partial charge in [-0.25, -0.2) is 14.6 Å². The molecule has 1 fully saturated rings. The molecule has 4 heterocycles. The molecule has 0 spiro atoms. The van der Waals surface area contributed by atoms with Gasteiger partial charge in [0.05, 0.1) is 22.4 Å². The number of piperidine rings is 1. The van der Waals surface area contributed by atoms with Crippen LogP contribution in [-0.4, -0.2) is 52.2 Å². The molecular weight excluding hydrogens is 466 g/mol. The lowest BCUT2D eigenvalue weighted by Crippen LogP contribution is -2.49. The number of fused-ring (bicyclic) bond motifs is 1. The van der Waals surface area contributed by atoms with Crippen LogP contribution in [0.5, 0.6) is 0 Å². The molecule has 4 aromatic rings. The highest BCUT2D eigenvalue weighted by Gasteiger charge is 2.34. The fraction of sp³-hybridized carbons (Fsp3) is 0.200. The van der Waals surface area contributed by atoms with Gasteiger partial charge in [-0.05, 0) is 41.8 Å². The molecule has 10 heteroatoms. The number of hydrogen-bond acceptors (Lipinski definition) is 5. The number of carbonyl (C=O) groups is 3. The van der Waals surface area contributed by atoms with E-state index in [0.29, 0.717) is 51.5 Å². The first-order valence-corrected chi connectivity index (χ1v) is 12.1. The number of urea groups is 1. The summed E-state index contributed by atoms with van der Waals surface area (Å²) in [6.07, 6.45) is 2.02. The van der Waals surface area contributed by atoms with Crippen molar-refractivity contribution in [2.75, 3.05) is 23.3 Å². The molecule has 0 aliphatic carbocycles. The minimum Gasteiger partial charge on any atom is -0.465 e. The van der Waals surface area contributed by atoms with E-state index in [9.17, 15) is 19.5 Å². The number of pyridine rings is 1. The Morgan fingerprint density at radius 3 is 2.80 bits per heavy atom. The average molecular weight is 488 g/mol. The minimum absolute atomic E-state index is 0.243. The maximum atomic E-state index is 13.3. The summed E-state index contributed by atoms with van der Waals surface area (Å²) in [5, 5.41) is 17.9. The van der Waals surface area contributed by atoms with Crippen molar-refractivity contribution in [1.29, 1.82) is 0 Å². The van der Waals surface area contributed by atoms with Crippen LogP contribution in [0.2, 0.25) is 0 Å². The molecule has 1 atom stereocenters. The smallest absolute Gasteiger partial charge is 0.407 e. The highest BCUT2D eigenvalue weighted by atomic mass is 32.1. The summed E-state index contributed by atoms with van der Waals surface area (Å²) in [5.41, 5.74) is 1.82. The molecule has 0 saturated carbocycles. The van der Waals surface area contributed by atoms with Crippen molar-refractivity contribution in [3.05, 3.63) is 59.6 Å². The van der Waals surface area contributed by atoms with Crippen molar-refractivity contribution in [1.82, 2.24) is 15.2 Å². The van der Waals surface area contributed by atoms with Gasteiger partial charge < -0.3 is 20.6 Å². The number of rotatable bonds is 3. The fourth-order valence-electron chi connectivity index (χ4n) is 4.84. The molecule has 0 radical (unpaired) electrons. The molecule has 2 aliphatic heterocycles. The molecule has 9 nitrogen and oxygen atoms in total. The molecule has 6 rings (SSSR count). The SMILES string of the molecule is O=C(NC1CCCN(C(=O)O)C1)c1sc2nccc3c2c1NC(=O)N3c1ccc2ccccc2c1. The second-order valence-electron chi connectivity index (χ2n) is 8.65. The molecule has 176 valence electrons. The van der Waals surface area contributed by atoms with Gasteiger partial charge in [-0.15, -0.1) is 11.3 Å². The Morgan fingerprint density at radius 2 is 1.97 bits per heavy atom. The van der Waals surface area contributed by atoms with Crippen molar-refractivity contribution in [3.8, 4) is 0 Å². The zero-order valence-corrected chi connectivity index (χ0v) is 19.3. The Kier molecular flexibility index (Phi) is 5.03. The molecule has 1 saturated heterocycles. The van der Waals surface area contributed by atoms with Crippen LogP contribution in [0.15, 0.2) is 54.7 Å². The molecule has 2 aliphatic rings. The van der Waals surface area contributed by atoms with E-state index in [1.165, 1.54) is 16.2 Å². The third-order valence-corrected chi connectivity index (χ3v) is 7.57. The molecule has 35 heavy (non-hydrogen) atoms. The van der Waals surface area contributed by atoms with Gasteiger partial charge in [0.2, 0.25) is 0 Å². The number of carboxylic acid groups (broad SMARTS) is 1. The van der Waals surface area contributed by atoms with E-state index in [-0.39, 0.29) is 24.5 Å². The Morgan fingerprint density at radius 1 is 1.14 bits per heavy atom. The van der Waals surface area contributed by atoms with Crippen LogP contribution in [0.25, 0.3) is 21.0 Å². The first-order chi connectivity index (χ1) is 17.0. The Hall–Kier alpha value is -4.18. The number of anilines is 3. The van der Waals surface area contributed by atoms with Crippen LogP contribution in [0.3, 0.4) is 0 Å². The monoisotopic (exact) mass is 487 g/mol. The van der Waals surface area contributed by atoms with Crippen LogP contribution >= 0.6 is 11.3 Å². The number of aromatic nitrogens is 1. The predicted octanol–water partition coefficient (Wildman–Crippen LogP) is 5.01. The average Bonchev–Trinajstić information content (AvgIpc) is 3.23. The Balaban J connectivity index is 1.36. The van der Waals surface area contributed by atoms with Crippen LogP contribution < -0.4 is 15.5 Å². The number of nitrogens with one attached hydrogen (secondary N) is 2.